The first-order valence-corrected chi connectivity index (χ1v) is 6.25. The minimum absolute atomic E-state index is 0.140. The quantitative estimate of drug-likeness (QED) is 0.681. The number of aliphatic hydroxyl groups is 1. The van der Waals surface area contributed by atoms with Gasteiger partial charge >= 0.3 is 0 Å². The van der Waals surface area contributed by atoms with E-state index in [0.717, 1.165) is 11.8 Å². The summed E-state index contributed by atoms with van der Waals surface area (Å²) < 4.78 is 24.1. The number of benzene rings is 1. The molecule has 15 heavy (non-hydrogen) atoms. The SMILES string of the molecule is CS(=O)(=O)Nc1ccc(C(N)CO)cc1. The van der Waals surface area contributed by atoms with Crippen molar-refractivity contribution in [1.29, 1.82) is 0 Å². The van der Waals surface area contributed by atoms with Crippen LogP contribution in [0.2, 0.25) is 0 Å². The second-order valence-electron chi connectivity index (χ2n) is 3.29. The fraction of sp³-hybridized carbons (Fsp3) is 0.333. The molecule has 0 heterocycles. The molecule has 4 N–H and O–H groups in total. The molecule has 0 aliphatic heterocycles. The van der Waals surface area contributed by atoms with Gasteiger partial charge in [0.05, 0.1) is 18.9 Å². The fourth-order valence-electron chi connectivity index (χ4n) is 1.12. The summed E-state index contributed by atoms with van der Waals surface area (Å²) in [6.45, 7) is -0.140. The average Bonchev–Trinajstić information content (AvgIpc) is 2.15. The van der Waals surface area contributed by atoms with Gasteiger partial charge in [0.2, 0.25) is 10.0 Å². The van der Waals surface area contributed by atoms with E-state index in [-0.39, 0.29) is 6.61 Å². The predicted octanol–water partition coefficient (Wildman–Crippen LogP) is 0.0502. The number of sulfonamides is 1. The summed E-state index contributed by atoms with van der Waals surface area (Å²) in [5, 5.41) is 8.81. The Kier molecular flexibility index (Phi) is 3.67. The normalized spacial score (nSPS) is 13.5. The van der Waals surface area contributed by atoms with Gasteiger partial charge in [0, 0.05) is 5.69 Å². The third kappa shape index (κ3) is 3.86. The number of hydrogen-bond acceptors (Lipinski definition) is 4. The lowest BCUT2D eigenvalue weighted by Gasteiger charge is -2.09. The lowest BCUT2D eigenvalue weighted by molar-refractivity contribution is 0.268. The molecule has 1 unspecified atom stereocenters. The first kappa shape index (κ1) is 12.0. The highest BCUT2D eigenvalue weighted by Gasteiger charge is 2.05. The molecule has 0 saturated carbocycles. The van der Waals surface area contributed by atoms with Gasteiger partial charge in [0.25, 0.3) is 0 Å². The molecule has 1 atom stereocenters. The van der Waals surface area contributed by atoms with Gasteiger partial charge in [-0.25, -0.2) is 8.42 Å². The monoisotopic (exact) mass is 230 g/mol. The van der Waals surface area contributed by atoms with Gasteiger partial charge in [0.1, 0.15) is 0 Å². The molecule has 0 aliphatic rings. The maximum Gasteiger partial charge on any atom is 0.229 e. The van der Waals surface area contributed by atoms with Crippen molar-refractivity contribution in [2.45, 2.75) is 6.04 Å². The van der Waals surface area contributed by atoms with Crippen LogP contribution in [0, 0.1) is 0 Å². The summed E-state index contributed by atoms with van der Waals surface area (Å²) in [6.07, 6.45) is 1.08. The highest BCUT2D eigenvalue weighted by molar-refractivity contribution is 7.92. The lowest BCUT2D eigenvalue weighted by Crippen LogP contribution is -2.14. The standard InChI is InChI=1S/C9H14N2O3S/c1-15(13,14)11-8-4-2-7(3-5-8)9(10)6-12/h2-5,9,11-12H,6,10H2,1H3. The van der Waals surface area contributed by atoms with Gasteiger partial charge in [-0.15, -0.1) is 0 Å². The highest BCUT2D eigenvalue weighted by Crippen LogP contribution is 2.14. The Hall–Kier alpha value is -1.11. The Bertz CT molecular complexity index is 413. The van der Waals surface area contributed by atoms with Crippen LogP contribution in [-0.4, -0.2) is 26.4 Å². The molecule has 0 bridgehead atoms. The van der Waals surface area contributed by atoms with Crippen molar-refractivity contribution in [3.8, 4) is 0 Å². The molecule has 5 nitrogen and oxygen atoms in total. The van der Waals surface area contributed by atoms with Gasteiger partial charge in [-0.05, 0) is 17.7 Å². The van der Waals surface area contributed by atoms with Crippen molar-refractivity contribution < 1.29 is 13.5 Å². The molecule has 0 fully saturated rings. The van der Waals surface area contributed by atoms with Crippen LogP contribution in [0.15, 0.2) is 24.3 Å². The summed E-state index contributed by atoms with van der Waals surface area (Å²) in [4.78, 5) is 0. The summed E-state index contributed by atoms with van der Waals surface area (Å²) >= 11 is 0. The molecule has 0 aliphatic carbocycles. The Morgan fingerprint density at radius 1 is 1.40 bits per heavy atom. The minimum atomic E-state index is -3.25. The molecule has 1 aromatic carbocycles. The van der Waals surface area contributed by atoms with E-state index in [0.29, 0.717) is 5.69 Å². The Balaban J connectivity index is 2.81. The van der Waals surface area contributed by atoms with Crippen LogP contribution in [0.5, 0.6) is 0 Å². The number of hydrogen-bond donors (Lipinski definition) is 3. The smallest absolute Gasteiger partial charge is 0.229 e. The predicted molar refractivity (Wildman–Crippen MR) is 58.9 cm³/mol. The Morgan fingerprint density at radius 2 is 1.93 bits per heavy atom. The van der Waals surface area contributed by atoms with Gasteiger partial charge in [-0.2, -0.15) is 0 Å². The van der Waals surface area contributed by atoms with E-state index in [1.165, 1.54) is 0 Å². The molecular weight excluding hydrogens is 216 g/mol. The topological polar surface area (TPSA) is 92.4 Å². The van der Waals surface area contributed by atoms with E-state index < -0.39 is 16.1 Å². The summed E-state index contributed by atoms with van der Waals surface area (Å²) in [6, 6.07) is 6.12. The van der Waals surface area contributed by atoms with E-state index in [1.54, 1.807) is 24.3 Å². The van der Waals surface area contributed by atoms with Crippen molar-refractivity contribution >= 4 is 15.7 Å². The van der Waals surface area contributed by atoms with E-state index in [1.807, 2.05) is 0 Å². The number of rotatable bonds is 4. The van der Waals surface area contributed by atoms with Crippen LogP contribution in [0.3, 0.4) is 0 Å². The third-order valence-electron chi connectivity index (χ3n) is 1.84. The molecule has 0 saturated heterocycles. The van der Waals surface area contributed by atoms with Crippen molar-refractivity contribution in [2.24, 2.45) is 5.73 Å². The van der Waals surface area contributed by atoms with E-state index in [2.05, 4.69) is 4.72 Å². The van der Waals surface area contributed by atoms with Crippen molar-refractivity contribution in [2.75, 3.05) is 17.6 Å². The van der Waals surface area contributed by atoms with Crippen LogP contribution in [0.4, 0.5) is 5.69 Å². The number of nitrogens with one attached hydrogen (secondary N) is 1. The summed E-state index contributed by atoms with van der Waals surface area (Å²) in [7, 11) is -3.25. The van der Waals surface area contributed by atoms with Crippen LogP contribution in [0.25, 0.3) is 0 Å². The summed E-state index contributed by atoms with van der Waals surface area (Å²) in [5.41, 5.74) is 6.82. The zero-order valence-electron chi connectivity index (χ0n) is 8.34. The molecule has 6 heteroatoms. The van der Waals surface area contributed by atoms with Crippen LogP contribution < -0.4 is 10.5 Å². The van der Waals surface area contributed by atoms with Crippen molar-refractivity contribution in [3.05, 3.63) is 29.8 Å². The van der Waals surface area contributed by atoms with Gasteiger partial charge in [-0.1, -0.05) is 12.1 Å². The minimum Gasteiger partial charge on any atom is -0.394 e. The van der Waals surface area contributed by atoms with Crippen molar-refractivity contribution in [1.82, 2.24) is 0 Å². The lowest BCUT2D eigenvalue weighted by atomic mass is 10.1. The van der Waals surface area contributed by atoms with E-state index >= 15 is 0 Å². The maximum atomic E-state index is 10.9. The first-order valence-electron chi connectivity index (χ1n) is 4.36. The number of aliphatic hydroxyl groups excluding tert-OH is 1. The van der Waals surface area contributed by atoms with Gasteiger partial charge in [-0.3, -0.25) is 4.72 Å². The zero-order valence-corrected chi connectivity index (χ0v) is 9.16. The molecule has 1 aromatic rings. The largest absolute Gasteiger partial charge is 0.394 e. The molecule has 1 rings (SSSR count). The highest BCUT2D eigenvalue weighted by atomic mass is 32.2. The van der Waals surface area contributed by atoms with E-state index in [9.17, 15) is 8.42 Å². The second-order valence-corrected chi connectivity index (χ2v) is 5.03. The van der Waals surface area contributed by atoms with Crippen LogP contribution in [0.1, 0.15) is 11.6 Å². The van der Waals surface area contributed by atoms with Crippen molar-refractivity contribution in [3.63, 3.8) is 0 Å². The fourth-order valence-corrected chi connectivity index (χ4v) is 1.68. The van der Waals surface area contributed by atoms with E-state index in [4.69, 9.17) is 10.8 Å². The number of anilines is 1. The van der Waals surface area contributed by atoms with Crippen LogP contribution >= 0.6 is 0 Å². The third-order valence-corrected chi connectivity index (χ3v) is 2.45. The molecular formula is C9H14N2O3S. The van der Waals surface area contributed by atoms with Crippen LogP contribution in [-0.2, 0) is 10.0 Å². The molecule has 0 aromatic heterocycles. The molecule has 0 radical (unpaired) electrons. The van der Waals surface area contributed by atoms with Gasteiger partial charge in [0.15, 0.2) is 0 Å². The maximum absolute atomic E-state index is 10.9. The molecule has 84 valence electrons. The number of nitrogens with two attached hydrogens (primary N) is 1. The Morgan fingerprint density at radius 3 is 2.33 bits per heavy atom. The average molecular weight is 230 g/mol. The zero-order chi connectivity index (χ0) is 11.5. The first-order chi connectivity index (χ1) is 6.92. The second kappa shape index (κ2) is 4.61. The molecule has 0 amide bonds. The Labute approximate surface area is 89.0 Å². The molecule has 0 spiro atoms. The van der Waals surface area contributed by atoms with Gasteiger partial charge < -0.3 is 10.8 Å². The summed E-state index contributed by atoms with van der Waals surface area (Å²) in [5.74, 6) is 0.